The highest BCUT2D eigenvalue weighted by molar-refractivity contribution is 7.92. The lowest BCUT2D eigenvalue weighted by atomic mass is 10.2. The van der Waals surface area contributed by atoms with Crippen molar-refractivity contribution in [3.8, 4) is 11.5 Å². The van der Waals surface area contributed by atoms with E-state index in [1.165, 1.54) is 19.4 Å². The lowest BCUT2D eigenvalue weighted by Crippen LogP contribution is -2.39. The Morgan fingerprint density at radius 3 is 2.33 bits per heavy atom. The number of hydrazone groups is 1. The monoisotopic (exact) mass is 510 g/mol. The van der Waals surface area contributed by atoms with Gasteiger partial charge in [0.1, 0.15) is 18.0 Å². The summed E-state index contributed by atoms with van der Waals surface area (Å²) < 4.78 is 36.0. The molecule has 0 saturated heterocycles. The number of nitrogens with zero attached hydrogens (tertiary/aromatic N) is 2. The zero-order chi connectivity index (χ0) is 26.0. The van der Waals surface area contributed by atoms with E-state index in [1.807, 2.05) is 18.2 Å². The molecule has 0 unspecified atom stereocenters. The van der Waals surface area contributed by atoms with Crippen LogP contribution >= 0.6 is 0 Å². The predicted molar refractivity (Wildman–Crippen MR) is 138 cm³/mol. The fourth-order valence-corrected chi connectivity index (χ4v) is 3.88. The minimum atomic E-state index is -3.73. The topological polar surface area (TPSA) is 126 Å². The second-order valence-corrected chi connectivity index (χ2v) is 9.44. The highest BCUT2D eigenvalue weighted by atomic mass is 32.2. The number of hydrogen-bond donors (Lipinski definition) is 2. The summed E-state index contributed by atoms with van der Waals surface area (Å²) in [4.78, 5) is 24.3. The second kappa shape index (κ2) is 12.4. The number of ether oxygens (including phenoxy) is 2. The van der Waals surface area contributed by atoms with Gasteiger partial charge < -0.3 is 14.8 Å². The number of carbonyl (C=O) groups excluding carboxylic acids is 2. The molecule has 0 fully saturated rings. The van der Waals surface area contributed by atoms with E-state index < -0.39 is 22.5 Å². The van der Waals surface area contributed by atoms with Gasteiger partial charge in [0, 0.05) is 11.8 Å². The van der Waals surface area contributed by atoms with E-state index in [-0.39, 0.29) is 12.5 Å². The Labute approximate surface area is 209 Å². The Kier molecular flexibility index (Phi) is 9.01. The quantitative estimate of drug-likeness (QED) is 0.302. The summed E-state index contributed by atoms with van der Waals surface area (Å²) in [7, 11) is -2.26. The number of nitrogens with one attached hydrogen (secondary N) is 2. The van der Waals surface area contributed by atoms with E-state index in [2.05, 4.69) is 15.8 Å². The molecule has 0 saturated carbocycles. The molecule has 0 aromatic heterocycles. The van der Waals surface area contributed by atoms with Gasteiger partial charge in [0.05, 0.1) is 25.3 Å². The second-order valence-electron chi connectivity index (χ2n) is 7.54. The number of benzene rings is 3. The maximum absolute atomic E-state index is 12.3. The van der Waals surface area contributed by atoms with E-state index in [1.54, 1.807) is 54.6 Å². The van der Waals surface area contributed by atoms with Crippen molar-refractivity contribution in [3.05, 3.63) is 84.4 Å². The van der Waals surface area contributed by atoms with Crippen molar-refractivity contribution < 1.29 is 27.5 Å². The molecule has 2 amide bonds. The zero-order valence-corrected chi connectivity index (χ0v) is 20.6. The zero-order valence-electron chi connectivity index (χ0n) is 19.7. The average molecular weight is 511 g/mol. The molecule has 0 aliphatic carbocycles. The van der Waals surface area contributed by atoms with Crippen LogP contribution in [0.15, 0.2) is 84.0 Å². The first kappa shape index (κ1) is 26.2. The molecule has 3 rings (SSSR count). The van der Waals surface area contributed by atoms with Crippen molar-refractivity contribution in [1.82, 2.24) is 5.43 Å². The summed E-state index contributed by atoms with van der Waals surface area (Å²) in [5.41, 5.74) is 3.95. The van der Waals surface area contributed by atoms with Crippen LogP contribution in [-0.2, 0) is 19.6 Å². The van der Waals surface area contributed by atoms with Crippen LogP contribution in [-0.4, -0.2) is 53.0 Å². The Balaban J connectivity index is 1.50. The smallest absolute Gasteiger partial charge is 0.262 e. The number of rotatable bonds is 11. The lowest BCUT2D eigenvalue weighted by molar-refractivity contribution is -0.119. The summed E-state index contributed by atoms with van der Waals surface area (Å²) in [5, 5.41) is 6.61. The average Bonchev–Trinajstić information content (AvgIpc) is 2.87. The molecule has 188 valence electrons. The first-order chi connectivity index (χ1) is 17.2. The van der Waals surface area contributed by atoms with E-state index in [0.29, 0.717) is 28.4 Å². The molecule has 10 nitrogen and oxygen atoms in total. The van der Waals surface area contributed by atoms with Crippen molar-refractivity contribution >= 4 is 39.4 Å². The Hall–Kier alpha value is -4.38. The third-order valence-corrected chi connectivity index (χ3v) is 5.88. The Morgan fingerprint density at radius 1 is 0.944 bits per heavy atom. The summed E-state index contributed by atoms with van der Waals surface area (Å²) in [6.07, 6.45) is 2.41. The van der Waals surface area contributed by atoms with Crippen LogP contribution in [0.25, 0.3) is 0 Å². The molecule has 0 bridgehead atoms. The molecule has 0 atom stereocenters. The molecular formula is C25H26N4O6S. The lowest BCUT2D eigenvalue weighted by Gasteiger charge is -2.21. The van der Waals surface area contributed by atoms with Crippen molar-refractivity contribution in [3.63, 3.8) is 0 Å². The molecule has 2 N–H and O–H groups in total. The number of methoxy groups -OCH3 is 1. The molecule has 3 aromatic carbocycles. The van der Waals surface area contributed by atoms with E-state index in [4.69, 9.17) is 9.47 Å². The van der Waals surface area contributed by atoms with Crippen molar-refractivity contribution in [1.29, 1.82) is 0 Å². The van der Waals surface area contributed by atoms with Gasteiger partial charge in [0.25, 0.3) is 11.8 Å². The molecule has 0 aliphatic rings. The largest absolute Gasteiger partial charge is 0.497 e. The van der Waals surface area contributed by atoms with Gasteiger partial charge in [-0.2, -0.15) is 5.10 Å². The van der Waals surface area contributed by atoms with Crippen LogP contribution < -0.4 is 24.5 Å². The summed E-state index contributed by atoms with van der Waals surface area (Å²) in [5.74, 6) is 0.0424. The normalized spacial score (nSPS) is 11.1. The fourth-order valence-electron chi connectivity index (χ4n) is 3.03. The van der Waals surface area contributed by atoms with Gasteiger partial charge in [-0.05, 0) is 54.1 Å². The first-order valence-electron chi connectivity index (χ1n) is 10.8. The third-order valence-electron chi connectivity index (χ3n) is 4.74. The number of hydrogen-bond acceptors (Lipinski definition) is 7. The van der Waals surface area contributed by atoms with E-state index in [9.17, 15) is 18.0 Å². The maximum atomic E-state index is 12.3. The fraction of sp³-hybridized carbons (Fsp3) is 0.160. The Bertz CT molecular complexity index is 1310. The van der Waals surface area contributed by atoms with Crippen LogP contribution in [0, 0.1) is 0 Å². The van der Waals surface area contributed by atoms with Crippen LogP contribution in [0.2, 0.25) is 0 Å². The van der Waals surface area contributed by atoms with Crippen LogP contribution in [0.3, 0.4) is 0 Å². The summed E-state index contributed by atoms with van der Waals surface area (Å²) >= 11 is 0. The molecule has 0 heterocycles. The summed E-state index contributed by atoms with van der Waals surface area (Å²) in [6, 6.07) is 22.2. The third kappa shape index (κ3) is 8.13. The number of carbonyl (C=O) groups is 2. The summed E-state index contributed by atoms with van der Waals surface area (Å²) in [6.45, 7) is -0.607. The van der Waals surface area contributed by atoms with Gasteiger partial charge in [-0.25, -0.2) is 13.8 Å². The Morgan fingerprint density at radius 2 is 1.67 bits per heavy atom. The highest BCUT2D eigenvalue weighted by Crippen LogP contribution is 2.22. The molecular weight excluding hydrogens is 484 g/mol. The molecule has 3 aromatic rings. The van der Waals surface area contributed by atoms with Gasteiger partial charge in [0.15, 0.2) is 6.61 Å². The number of sulfonamides is 1. The number of para-hydroxylation sites is 1. The van der Waals surface area contributed by atoms with Gasteiger partial charge >= 0.3 is 0 Å². The SMILES string of the molecule is COc1cccc(N(CC(=O)N/N=C\c2ccc(OCC(=O)Nc3ccccc3)cc2)S(C)(=O)=O)c1. The maximum Gasteiger partial charge on any atom is 0.262 e. The van der Waals surface area contributed by atoms with Crippen LogP contribution in [0.4, 0.5) is 11.4 Å². The minimum absolute atomic E-state index is 0.150. The highest BCUT2D eigenvalue weighted by Gasteiger charge is 2.21. The standard InChI is InChI=1S/C25H26N4O6S/c1-34-23-10-6-9-21(15-23)29(36(2,32)33)17-24(30)28-26-16-19-11-13-22(14-12-19)35-18-25(31)27-20-7-4-3-5-8-20/h3-16H,17-18H2,1-2H3,(H,27,31)(H,28,30)/b26-16-. The number of anilines is 2. The molecule has 36 heavy (non-hydrogen) atoms. The van der Waals surface area contributed by atoms with Gasteiger partial charge in [-0.15, -0.1) is 0 Å². The van der Waals surface area contributed by atoms with Crippen LogP contribution in [0.5, 0.6) is 11.5 Å². The molecule has 11 heteroatoms. The van der Waals surface area contributed by atoms with Gasteiger partial charge in [0.2, 0.25) is 10.0 Å². The first-order valence-corrected chi connectivity index (χ1v) is 12.6. The van der Waals surface area contributed by atoms with Gasteiger partial charge in [-0.3, -0.25) is 13.9 Å². The van der Waals surface area contributed by atoms with Crippen molar-refractivity contribution in [2.45, 2.75) is 0 Å². The van der Waals surface area contributed by atoms with Gasteiger partial charge in [-0.1, -0.05) is 24.3 Å². The number of amides is 2. The molecule has 0 aliphatic heterocycles. The molecule has 0 spiro atoms. The van der Waals surface area contributed by atoms with Crippen molar-refractivity contribution in [2.75, 3.05) is 36.1 Å². The molecule has 0 radical (unpaired) electrons. The van der Waals surface area contributed by atoms with E-state index in [0.717, 1.165) is 10.6 Å². The minimum Gasteiger partial charge on any atom is -0.497 e. The van der Waals surface area contributed by atoms with Crippen LogP contribution in [0.1, 0.15) is 5.56 Å². The van der Waals surface area contributed by atoms with Crippen molar-refractivity contribution in [2.24, 2.45) is 5.10 Å². The van der Waals surface area contributed by atoms with E-state index >= 15 is 0 Å². The predicted octanol–water partition coefficient (Wildman–Crippen LogP) is 2.63.